The highest BCUT2D eigenvalue weighted by Crippen LogP contribution is 2.21. The zero-order valence-corrected chi connectivity index (χ0v) is 13.3. The van der Waals surface area contributed by atoms with Crippen LogP contribution in [0.5, 0.6) is 0 Å². The van der Waals surface area contributed by atoms with Gasteiger partial charge in [-0.1, -0.05) is 24.3 Å². The van der Waals surface area contributed by atoms with Crippen LogP contribution in [0.2, 0.25) is 0 Å². The van der Waals surface area contributed by atoms with Crippen molar-refractivity contribution in [1.82, 2.24) is 0 Å². The maximum Gasteiger partial charge on any atom is 0.0610 e. The van der Waals surface area contributed by atoms with E-state index in [-0.39, 0.29) is 0 Å². The maximum atomic E-state index is 3.32. The molecule has 0 saturated carbocycles. The van der Waals surface area contributed by atoms with Crippen molar-refractivity contribution >= 4 is 75.9 Å². The lowest BCUT2D eigenvalue weighted by Crippen LogP contribution is -1.74. The van der Waals surface area contributed by atoms with E-state index in [1.54, 1.807) is 0 Å². The Morgan fingerprint density at radius 2 is 1.00 bits per heavy atom. The molecule has 1 aromatic rings. The van der Waals surface area contributed by atoms with Crippen LogP contribution in [0.1, 0.15) is 11.1 Å². The van der Waals surface area contributed by atoms with Crippen molar-refractivity contribution in [3.63, 3.8) is 0 Å². The summed E-state index contributed by atoms with van der Waals surface area (Å²) in [5, 5.41) is 0. The van der Waals surface area contributed by atoms with Crippen LogP contribution in [-0.2, 0) is 0 Å². The molecule has 0 radical (unpaired) electrons. The Morgan fingerprint density at radius 3 is 1.21 bits per heavy atom. The minimum atomic E-state index is 0.940. The molecule has 0 atom stereocenters. The second-order valence-corrected chi connectivity index (χ2v) is 8.08. The molecule has 0 heterocycles. The summed E-state index contributed by atoms with van der Waals surface area (Å²) in [5.41, 5.74) is 2.30. The fraction of sp³-hybridized carbons (Fsp3) is 0. The molecule has 0 spiro atoms. The van der Waals surface area contributed by atoms with E-state index in [0.717, 1.165) is 17.9 Å². The number of benzene rings is 1. The van der Waals surface area contributed by atoms with Crippen molar-refractivity contribution in [3.8, 4) is 0 Å². The first kappa shape index (κ1) is 12.7. The standard InChI is InChI=1S/C10H6Br4/c11-9(12)5-7-1-2-8(4-3-7)6-10(13)14/h1-6H. The normalized spacial score (nSPS) is 9.43. The molecule has 0 bridgehead atoms. The lowest BCUT2D eigenvalue weighted by atomic mass is 10.1. The Morgan fingerprint density at radius 1 is 0.714 bits per heavy atom. The maximum absolute atomic E-state index is 3.32. The van der Waals surface area contributed by atoms with Gasteiger partial charge in [0, 0.05) is 0 Å². The Balaban J connectivity index is 2.89. The second-order valence-electron chi connectivity index (χ2n) is 2.53. The van der Waals surface area contributed by atoms with Gasteiger partial charge in [0.25, 0.3) is 0 Å². The molecule has 0 unspecified atom stereocenters. The van der Waals surface area contributed by atoms with Crippen LogP contribution in [0, 0.1) is 0 Å². The smallest absolute Gasteiger partial charge is 0.0543 e. The summed E-state index contributed by atoms with van der Waals surface area (Å²) >= 11 is 13.3. The van der Waals surface area contributed by atoms with Crippen LogP contribution in [0.25, 0.3) is 12.2 Å². The van der Waals surface area contributed by atoms with Crippen LogP contribution >= 0.6 is 63.7 Å². The largest absolute Gasteiger partial charge is 0.0610 e. The zero-order valence-electron chi connectivity index (χ0n) is 6.98. The molecule has 0 fully saturated rings. The van der Waals surface area contributed by atoms with Gasteiger partial charge in [-0.2, -0.15) is 0 Å². The topological polar surface area (TPSA) is 0 Å². The lowest BCUT2D eigenvalue weighted by Gasteiger charge is -1.96. The van der Waals surface area contributed by atoms with Gasteiger partial charge < -0.3 is 0 Å². The van der Waals surface area contributed by atoms with Crippen LogP contribution < -0.4 is 0 Å². The Kier molecular flexibility index (Phi) is 5.67. The quantitative estimate of drug-likeness (QED) is 0.534. The Hall–Kier alpha value is 0.620. The van der Waals surface area contributed by atoms with Crippen molar-refractivity contribution in [2.45, 2.75) is 0 Å². The molecule has 4 heteroatoms. The molecule has 74 valence electrons. The molecule has 1 rings (SSSR count). The molecular weight excluding hydrogens is 440 g/mol. The third-order valence-corrected chi connectivity index (χ3v) is 2.40. The van der Waals surface area contributed by atoms with E-state index in [4.69, 9.17) is 0 Å². The minimum Gasteiger partial charge on any atom is -0.0543 e. The summed E-state index contributed by atoms with van der Waals surface area (Å²) < 4.78 is 1.88. The summed E-state index contributed by atoms with van der Waals surface area (Å²) in [6.07, 6.45) is 3.99. The average Bonchev–Trinajstić information content (AvgIpc) is 2.06. The van der Waals surface area contributed by atoms with Crippen molar-refractivity contribution in [3.05, 3.63) is 42.2 Å². The van der Waals surface area contributed by atoms with Crippen LogP contribution in [0.3, 0.4) is 0 Å². The minimum absolute atomic E-state index is 0.940. The van der Waals surface area contributed by atoms with Crippen molar-refractivity contribution in [2.75, 3.05) is 0 Å². The van der Waals surface area contributed by atoms with Gasteiger partial charge in [0.05, 0.1) is 6.78 Å². The average molecular weight is 446 g/mol. The molecule has 0 amide bonds. The second kappa shape index (κ2) is 6.26. The molecule has 0 aromatic heterocycles. The van der Waals surface area contributed by atoms with Crippen molar-refractivity contribution < 1.29 is 0 Å². The van der Waals surface area contributed by atoms with E-state index in [1.807, 2.05) is 12.2 Å². The molecule has 0 saturated heterocycles. The molecular formula is C10H6Br4. The molecule has 0 aliphatic heterocycles. The van der Waals surface area contributed by atoms with E-state index in [9.17, 15) is 0 Å². The SMILES string of the molecule is BrC(Br)=Cc1ccc(C=C(Br)Br)cc1. The third-order valence-electron chi connectivity index (χ3n) is 1.49. The first-order valence-corrected chi connectivity index (χ1v) is 6.90. The zero-order chi connectivity index (χ0) is 10.6. The van der Waals surface area contributed by atoms with Gasteiger partial charge in [0.1, 0.15) is 0 Å². The Bertz CT molecular complexity index is 317. The van der Waals surface area contributed by atoms with Gasteiger partial charge in [-0.15, -0.1) is 0 Å². The lowest BCUT2D eigenvalue weighted by molar-refractivity contribution is 1.62. The molecule has 0 aliphatic rings. The van der Waals surface area contributed by atoms with Gasteiger partial charge in [0.15, 0.2) is 0 Å². The van der Waals surface area contributed by atoms with Gasteiger partial charge in [-0.05, 0) is 87.0 Å². The fourth-order valence-corrected chi connectivity index (χ4v) is 2.00. The highest BCUT2D eigenvalue weighted by molar-refractivity contribution is 9.28. The molecule has 0 aliphatic carbocycles. The van der Waals surface area contributed by atoms with Crippen LogP contribution in [0.15, 0.2) is 31.0 Å². The number of hydrogen-bond acceptors (Lipinski definition) is 0. The monoisotopic (exact) mass is 442 g/mol. The van der Waals surface area contributed by atoms with E-state index >= 15 is 0 Å². The fourth-order valence-electron chi connectivity index (χ4n) is 0.940. The third kappa shape index (κ3) is 4.91. The molecule has 0 N–H and O–H groups in total. The van der Waals surface area contributed by atoms with Gasteiger partial charge >= 0.3 is 0 Å². The summed E-state index contributed by atoms with van der Waals surface area (Å²) in [6, 6.07) is 8.21. The summed E-state index contributed by atoms with van der Waals surface area (Å²) in [4.78, 5) is 0. The van der Waals surface area contributed by atoms with Gasteiger partial charge in [0.2, 0.25) is 0 Å². The highest BCUT2D eigenvalue weighted by Gasteiger charge is 1.91. The van der Waals surface area contributed by atoms with Gasteiger partial charge in [-0.25, -0.2) is 0 Å². The first-order chi connectivity index (χ1) is 6.58. The van der Waals surface area contributed by atoms with Crippen molar-refractivity contribution in [2.24, 2.45) is 0 Å². The highest BCUT2D eigenvalue weighted by atomic mass is 79.9. The molecule has 1 aromatic carbocycles. The Labute approximate surface area is 117 Å². The number of hydrogen-bond donors (Lipinski definition) is 0. The number of rotatable bonds is 2. The molecule has 0 nitrogen and oxygen atoms in total. The predicted molar refractivity (Wildman–Crippen MR) is 78.1 cm³/mol. The van der Waals surface area contributed by atoms with E-state index in [2.05, 4.69) is 88.0 Å². The van der Waals surface area contributed by atoms with Gasteiger partial charge in [-0.3, -0.25) is 0 Å². The van der Waals surface area contributed by atoms with Crippen LogP contribution in [0.4, 0.5) is 0 Å². The molecule has 14 heavy (non-hydrogen) atoms. The summed E-state index contributed by atoms with van der Waals surface area (Å²) in [5.74, 6) is 0. The summed E-state index contributed by atoms with van der Waals surface area (Å²) in [7, 11) is 0. The van der Waals surface area contributed by atoms with E-state index in [1.165, 1.54) is 0 Å². The van der Waals surface area contributed by atoms with E-state index < -0.39 is 0 Å². The summed E-state index contributed by atoms with van der Waals surface area (Å²) in [6.45, 7) is 0. The van der Waals surface area contributed by atoms with Crippen LogP contribution in [-0.4, -0.2) is 0 Å². The van der Waals surface area contributed by atoms with E-state index in [0.29, 0.717) is 0 Å². The number of halogens is 4. The van der Waals surface area contributed by atoms with Crippen molar-refractivity contribution in [1.29, 1.82) is 0 Å². The predicted octanol–water partition coefficient (Wildman–Crippen LogP) is 5.86. The first-order valence-electron chi connectivity index (χ1n) is 3.73.